The van der Waals surface area contributed by atoms with E-state index >= 15 is 0 Å². The molecular weight excluding hydrogens is 338 g/mol. The molecule has 0 atom stereocenters. The maximum Gasteiger partial charge on any atom is 0.249 e. The van der Waals surface area contributed by atoms with Crippen molar-refractivity contribution in [1.29, 1.82) is 0 Å². The topological polar surface area (TPSA) is 47.4 Å². The van der Waals surface area contributed by atoms with Gasteiger partial charge in [-0.15, -0.1) is 0 Å². The molecule has 0 aliphatic heterocycles. The first kappa shape index (κ1) is 18.2. The van der Waals surface area contributed by atoms with Crippen LogP contribution >= 0.6 is 0 Å². The van der Waals surface area contributed by atoms with Crippen molar-refractivity contribution >= 4 is 5.91 Å². The van der Waals surface area contributed by atoms with Gasteiger partial charge in [-0.25, -0.2) is 0 Å². The van der Waals surface area contributed by atoms with Crippen LogP contribution in [0, 0.1) is 0 Å². The first-order valence-electron chi connectivity index (χ1n) is 10.2. The van der Waals surface area contributed by atoms with Gasteiger partial charge in [0.05, 0.1) is 18.8 Å². The number of aryl methyl sites for hydroxylation is 1. The third kappa shape index (κ3) is 4.08. The van der Waals surface area contributed by atoms with Gasteiger partial charge in [0.15, 0.2) is 0 Å². The van der Waals surface area contributed by atoms with Crippen molar-refractivity contribution in [3.63, 3.8) is 0 Å². The minimum absolute atomic E-state index is 0.0928. The fraction of sp³-hybridized carbons (Fsp3) is 0.545. The molecule has 0 radical (unpaired) electrons. The molecule has 1 aromatic carbocycles. The van der Waals surface area contributed by atoms with E-state index in [1.54, 1.807) is 0 Å². The summed E-state index contributed by atoms with van der Waals surface area (Å²) < 4.78 is 7.76. The quantitative estimate of drug-likeness (QED) is 0.754. The zero-order valence-electron chi connectivity index (χ0n) is 16.2. The minimum Gasteiger partial charge on any atom is -0.367 e. The van der Waals surface area contributed by atoms with Crippen molar-refractivity contribution in [2.75, 3.05) is 6.61 Å². The number of carbonyl (C=O) groups excluding carboxylic acids is 1. The van der Waals surface area contributed by atoms with E-state index in [0.717, 1.165) is 36.9 Å². The van der Waals surface area contributed by atoms with Crippen LogP contribution in [0.2, 0.25) is 0 Å². The number of nitrogens with zero attached hydrogens (tertiary/aromatic N) is 3. The molecule has 1 amide bonds. The second kappa shape index (κ2) is 8.26. The van der Waals surface area contributed by atoms with Crippen LogP contribution < -0.4 is 0 Å². The molecule has 144 valence electrons. The van der Waals surface area contributed by atoms with E-state index in [1.165, 1.54) is 30.5 Å². The fourth-order valence-electron chi connectivity index (χ4n) is 4.54. The average Bonchev–Trinajstić information content (AvgIpc) is 3.41. The van der Waals surface area contributed by atoms with Crippen molar-refractivity contribution in [2.45, 2.75) is 64.1 Å². The molecule has 5 nitrogen and oxygen atoms in total. The summed E-state index contributed by atoms with van der Waals surface area (Å²) in [6.45, 7) is 1.24. The lowest BCUT2D eigenvalue weighted by molar-refractivity contribution is -0.139. The Kier molecular flexibility index (Phi) is 5.58. The molecule has 0 saturated heterocycles. The Balaban J connectivity index is 1.43. The van der Waals surface area contributed by atoms with E-state index in [2.05, 4.69) is 0 Å². The molecule has 4 rings (SSSR count). The van der Waals surface area contributed by atoms with Crippen LogP contribution in [0.5, 0.6) is 0 Å². The largest absolute Gasteiger partial charge is 0.367 e. The number of hydrogen-bond donors (Lipinski definition) is 0. The lowest BCUT2D eigenvalue weighted by Crippen LogP contribution is -2.40. The van der Waals surface area contributed by atoms with Gasteiger partial charge in [0, 0.05) is 18.8 Å². The van der Waals surface area contributed by atoms with Gasteiger partial charge in [-0.1, -0.05) is 43.2 Å². The van der Waals surface area contributed by atoms with Crippen molar-refractivity contribution in [3.05, 3.63) is 52.8 Å². The van der Waals surface area contributed by atoms with Crippen molar-refractivity contribution in [3.8, 4) is 0 Å². The van der Waals surface area contributed by atoms with Crippen LogP contribution in [-0.2, 0) is 42.6 Å². The Hall–Kier alpha value is -2.14. The highest BCUT2D eigenvalue weighted by Gasteiger charge is 2.30. The SMILES string of the molecule is Cn1nc(CN(C(=O)COCc2ccccc2)C2CCCC2)c2c1CCC2. The number of ether oxygens (including phenoxy) is 1. The van der Waals surface area contributed by atoms with Gasteiger partial charge in [-0.05, 0) is 43.2 Å². The van der Waals surface area contributed by atoms with Gasteiger partial charge in [0.1, 0.15) is 6.61 Å². The van der Waals surface area contributed by atoms with Crippen molar-refractivity contribution < 1.29 is 9.53 Å². The van der Waals surface area contributed by atoms with Crippen LogP contribution in [0.15, 0.2) is 30.3 Å². The minimum atomic E-state index is 0.0928. The van der Waals surface area contributed by atoms with Gasteiger partial charge in [0.25, 0.3) is 0 Å². The number of carbonyl (C=O) groups is 1. The lowest BCUT2D eigenvalue weighted by Gasteiger charge is -2.28. The van der Waals surface area contributed by atoms with Crippen LogP contribution in [-0.4, -0.2) is 33.2 Å². The Bertz CT molecular complexity index is 778. The third-order valence-electron chi connectivity index (χ3n) is 5.94. The van der Waals surface area contributed by atoms with Crippen molar-refractivity contribution in [2.24, 2.45) is 7.05 Å². The first-order chi connectivity index (χ1) is 13.2. The van der Waals surface area contributed by atoms with E-state index in [0.29, 0.717) is 19.2 Å². The second-order valence-corrected chi connectivity index (χ2v) is 7.79. The molecule has 2 aromatic rings. The predicted octanol–water partition coefficient (Wildman–Crippen LogP) is 3.40. The van der Waals surface area contributed by atoms with E-state index in [-0.39, 0.29) is 12.5 Å². The summed E-state index contributed by atoms with van der Waals surface area (Å²) in [6, 6.07) is 10.4. The molecule has 0 bridgehead atoms. The predicted molar refractivity (Wildman–Crippen MR) is 104 cm³/mol. The maximum absolute atomic E-state index is 13.0. The lowest BCUT2D eigenvalue weighted by atomic mass is 10.1. The van der Waals surface area contributed by atoms with Crippen LogP contribution in [0.3, 0.4) is 0 Å². The molecule has 0 N–H and O–H groups in total. The van der Waals surface area contributed by atoms with Crippen LogP contribution in [0.25, 0.3) is 0 Å². The zero-order valence-corrected chi connectivity index (χ0v) is 16.2. The Morgan fingerprint density at radius 2 is 1.96 bits per heavy atom. The summed E-state index contributed by atoms with van der Waals surface area (Å²) in [5.74, 6) is 0.0928. The van der Waals surface area contributed by atoms with Crippen LogP contribution in [0.1, 0.15) is 54.6 Å². The number of aromatic nitrogens is 2. The molecule has 5 heteroatoms. The van der Waals surface area contributed by atoms with Gasteiger partial charge in [0.2, 0.25) is 5.91 Å². The number of fused-ring (bicyclic) bond motifs is 1. The van der Waals surface area contributed by atoms with Gasteiger partial charge >= 0.3 is 0 Å². The Labute approximate surface area is 161 Å². The summed E-state index contributed by atoms with van der Waals surface area (Å²) in [6.07, 6.45) is 8.01. The first-order valence-corrected chi connectivity index (χ1v) is 10.2. The standard InChI is InChI=1S/C22H29N3O2/c1-24-21-13-7-12-19(21)20(23-24)14-25(18-10-5-6-11-18)22(26)16-27-15-17-8-3-2-4-9-17/h2-4,8-9,18H,5-7,10-16H2,1H3. The van der Waals surface area contributed by atoms with E-state index < -0.39 is 0 Å². The fourth-order valence-corrected chi connectivity index (χ4v) is 4.54. The number of rotatable bonds is 7. The highest BCUT2D eigenvalue weighted by molar-refractivity contribution is 5.77. The summed E-state index contributed by atoms with van der Waals surface area (Å²) in [4.78, 5) is 15.0. The van der Waals surface area contributed by atoms with Crippen LogP contribution in [0.4, 0.5) is 0 Å². The molecular formula is C22H29N3O2. The molecule has 1 heterocycles. The molecule has 2 aliphatic rings. The van der Waals surface area contributed by atoms with Gasteiger partial charge in [-0.2, -0.15) is 5.10 Å². The smallest absolute Gasteiger partial charge is 0.249 e. The third-order valence-corrected chi connectivity index (χ3v) is 5.94. The monoisotopic (exact) mass is 367 g/mol. The normalized spacial score (nSPS) is 16.6. The van der Waals surface area contributed by atoms with Gasteiger partial charge < -0.3 is 9.64 Å². The van der Waals surface area contributed by atoms with E-state index in [1.807, 2.05) is 47.0 Å². The molecule has 2 aliphatic carbocycles. The Morgan fingerprint density at radius 1 is 1.19 bits per heavy atom. The summed E-state index contributed by atoms with van der Waals surface area (Å²) in [7, 11) is 2.03. The molecule has 1 saturated carbocycles. The Morgan fingerprint density at radius 3 is 2.74 bits per heavy atom. The zero-order chi connectivity index (χ0) is 18.6. The van der Waals surface area contributed by atoms with Gasteiger partial charge in [-0.3, -0.25) is 9.48 Å². The number of hydrogen-bond acceptors (Lipinski definition) is 3. The van der Waals surface area contributed by atoms with E-state index in [4.69, 9.17) is 9.84 Å². The number of amides is 1. The second-order valence-electron chi connectivity index (χ2n) is 7.79. The van der Waals surface area contributed by atoms with E-state index in [9.17, 15) is 4.79 Å². The summed E-state index contributed by atoms with van der Waals surface area (Å²) in [5.41, 5.74) is 4.91. The molecule has 0 spiro atoms. The van der Waals surface area contributed by atoms with Crippen molar-refractivity contribution in [1.82, 2.24) is 14.7 Å². The maximum atomic E-state index is 13.0. The summed E-state index contributed by atoms with van der Waals surface area (Å²) in [5, 5.41) is 4.74. The summed E-state index contributed by atoms with van der Waals surface area (Å²) >= 11 is 0. The highest BCUT2D eigenvalue weighted by atomic mass is 16.5. The molecule has 0 unspecified atom stereocenters. The molecule has 1 aromatic heterocycles. The highest BCUT2D eigenvalue weighted by Crippen LogP contribution is 2.29. The number of benzene rings is 1. The average molecular weight is 367 g/mol. The molecule has 27 heavy (non-hydrogen) atoms. The molecule has 1 fully saturated rings.